The number of hydrogen-bond donors (Lipinski definition) is 4. The Morgan fingerprint density at radius 2 is 1.90 bits per heavy atom. The lowest BCUT2D eigenvalue weighted by molar-refractivity contribution is -0.123. The fraction of sp³-hybridized carbons (Fsp3) is 0.524. The summed E-state index contributed by atoms with van der Waals surface area (Å²) >= 11 is 0. The van der Waals surface area contributed by atoms with E-state index in [-0.39, 0.29) is 29.9 Å². The summed E-state index contributed by atoms with van der Waals surface area (Å²) in [6.07, 6.45) is 4.06. The Kier molecular flexibility index (Phi) is 5.91. The number of guanidine groups is 1. The second-order valence-corrected chi connectivity index (χ2v) is 8.78. The van der Waals surface area contributed by atoms with Gasteiger partial charge < -0.3 is 16.8 Å². The second kappa shape index (κ2) is 8.23. The summed E-state index contributed by atoms with van der Waals surface area (Å²) in [7, 11) is 0. The molecule has 0 radical (unpaired) electrons. The molecule has 3 rings (SSSR count). The van der Waals surface area contributed by atoms with E-state index < -0.39 is 5.41 Å². The number of anilines is 2. The molecule has 29 heavy (non-hydrogen) atoms. The van der Waals surface area contributed by atoms with Crippen molar-refractivity contribution in [1.29, 1.82) is 0 Å². The number of nitrogens with zero attached hydrogens (tertiary/aromatic N) is 3. The van der Waals surface area contributed by atoms with E-state index in [1.807, 2.05) is 45.9 Å². The molecule has 1 saturated carbocycles. The SMILES string of the molecule is Cc1ccc2nc(NC(=O)C(C)(C)C)nc(N[C@H]3CCCC[C@H]3N=C(N)N)c2c1. The number of nitrogens with two attached hydrogens (primary N) is 2. The summed E-state index contributed by atoms with van der Waals surface area (Å²) in [5, 5.41) is 7.29. The van der Waals surface area contributed by atoms with Gasteiger partial charge in [-0.3, -0.25) is 10.1 Å². The van der Waals surface area contributed by atoms with Gasteiger partial charge >= 0.3 is 0 Å². The van der Waals surface area contributed by atoms with Gasteiger partial charge in [0.2, 0.25) is 11.9 Å². The molecule has 1 aliphatic carbocycles. The minimum atomic E-state index is -0.541. The highest BCUT2D eigenvalue weighted by Gasteiger charge is 2.27. The van der Waals surface area contributed by atoms with Crippen molar-refractivity contribution in [1.82, 2.24) is 9.97 Å². The number of aromatic nitrogens is 2. The fourth-order valence-electron chi connectivity index (χ4n) is 3.50. The third-order valence-electron chi connectivity index (χ3n) is 5.12. The minimum absolute atomic E-state index is 0.00353. The number of aryl methyl sites for hydroxylation is 1. The average molecular weight is 398 g/mol. The molecule has 1 aliphatic rings. The zero-order valence-electron chi connectivity index (χ0n) is 17.6. The molecular weight excluding hydrogens is 366 g/mol. The summed E-state index contributed by atoms with van der Waals surface area (Å²) < 4.78 is 0. The Balaban J connectivity index is 1.99. The van der Waals surface area contributed by atoms with Crippen LogP contribution in [0.15, 0.2) is 23.2 Å². The molecule has 0 saturated heterocycles. The quantitative estimate of drug-likeness (QED) is 0.463. The van der Waals surface area contributed by atoms with Crippen molar-refractivity contribution in [2.24, 2.45) is 21.9 Å². The first-order valence-corrected chi connectivity index (χ1v) is 10.1. The normalized spacial score (nSPS) is 19.6. The summed E-state index contributed by atoms with van der Waals surface area (Å²) in [4.78, 5) is 26.0. The molecule has 6 N–H and O–H groups in total. The topological polar surface area (TPSA) is 131 Å². The van der Waals surface area contributed by atoms with Crippen molar-refractivity contribution in [3.05, 3.63) is 23.8 Å². The molecule has 2 aromatic rings. The van der Waals surface area contributed by atoms with E-state index in [0.717, 1.165) is 42.1 Å². The first kappa shape index (κ1) is 20.8. The van der Waals surface area contributed by atoms with E-state index in [4.69, 9.17) is 11.5 Å². The van der Waals surface area contributed by atoms with Crippen LogP contribution < -0.4 is 22.1 Å². The molecule has 156 valence electrons. The van der Waals surface area contributed by atoms with E-state index in [0.29, 0.717) is 5.82 Å². The van der Waals surface area contributed by atoms with Crippen molar-refractivity contribution in [2.45, 2.75) is 65.5 Å². The van der Waals surface area contributed by atoms with Gasteiger partial charge in [-0.05, 0) is 31.9 Å². The molecule has 2 atom stereocenters. The highest BCUT2D eigenvalue weighted by atomic mass is 16.2. The molecule has 0 unspecified atom stereocenters. The monoisotopic (exact) mass is 397 g/mol. The van der Waals surface area contributed by atoms with Crippen LogP contribution in [0.4, 0.5) is 11.8 Å². The molecule has 0 bridgehead atoms. The Labute approximate surface area is 171 Å². The largest absolute Gasteiger partial charge is 0.370 e. The second-order valence-electron chi connectivity index (χ2n) is 8.78. The fourth-order valence-corrected chi connectivity index (χ4v) is 3.50. The summed E-state index contributed by atoms with van der Waals surface area (Å²) in [5.74, 6) is 0.944. The van der Waals surface area contributed by atoms with E-state index in [9.17, 15) is 4.79 Å². The van der Waals surface area contributed by atoms with Gasteiger partial charge in [-0.2, -0.15) is 4.98 Å². The zero-order chi connectivity index (χ0) is 21.2. The Bertz CT molecular complexity index is 929. The van der Waals surface area contributed by atoms with Gasteiger partial charge in [0.05, 0.1) is 17.6 Å². The van der Waals surface area contributed by atoms with Crippen LogP contribution in [-0.4, -0.2) is 33.9 Å². The molecule has 1 fully saturated rings. The van der Waals surface area contributed by atoms with Crippen LogP contribution in [0.25, 0.3) is 10.9 Å². The maximum absolute atomic E-state index is 12.4. The molecule has 8 heteroatoms. The van der Waals surface area contributed by atoms with Gasteiger partial charge in [0.15, 0.2) is 5.96 Å². The van der Waals surface area contributed by atoms with E-state index in [2.05, 4.69) is 25.6 Å². The third kappa shape index (κ3) is 5.13. The van der Waals surface area contributed by atoms with Crippen molar-refractivity contribution in [3.63, 3.8) is 0 Å². The molecule has 1 heterocycles. The molecule has 0 aliphatic heterocycles. The maximum Gasteiger partial charge on any atom is 0.232 e. The Hall–Kier alpha value is -2.90. The van der Waals surface area contributed by atoms with Gasteiger partial charge in [0.25, 0.3) is 0 Å². The standard InChI is InChI=1S/C21H31N7O/c1-12-9-10-14-13(11-12)17(27-20(26-14)28-18(29)21(2,3)4)24-15-7-5-6-8-16(15)25-19(22)23/h9-11,15-16H,5-8H2,1-4H3,(H4,22,23,25)(H2,24,26,27,28,29)/t15-,16+/m0/s1. The van der Waals surface area contributed by atoms with Crippen molar-refractivity contribution < 1.29 is 4.79 Å². The highest BCUT2D eigenvalue weighted by molar-refractivity contribution is 5.96. The molecule has 1 amide bonds. The lowest BCUT2D eigenvalue weighted by Crippen LogP contribution is -2.38. The summed E-state index contributed by atoms with van der Waals surface area (Å²) in [5.41, 5.74) is 12.6. The van der Waals surface area contributed by atoms with Crippen LogP contribution >= 0.6 is 0 Å². The van der Waals surface area contributed by atoms with E-state index >= 15 is 0 Å². The lowest BCUT2D eigenvalue weighted by Gasteiger charge is -2.30. The molecule has 1 aromatic heterocycles. The predicted molar refractivity (Wildman–Crippen MR) is 118 cm³/mol. The predicted octanol–water partition coefficient (Wildman–Crippen LogP) is 2.92. The van der Waals surface area contributed by atoms with Crippen molar-refractivity contribution >= 4 is 34.5 Å². The van der Waals surface area contributed by atoms with Crippen LogP contribution in [0.5, 0.6) is 0 Å². The van der Waals surface area contributed by atoms with Crippen LogP contribution in [0, 0.1) is 12.3 Å². The number of benzene rings is 1. The number of rotatable bonds is 4. The molecule has 1 aromatic carbocycles. The Morgan fingerprint density at radius 3 is 2.59 bits per heavy atom. The minimum Gasteiger partial charge on any atom is -0.370 e. The van der Waals surface area contributed by atoms with E-state index in [1.54, 1.807) is 0 Å². The smallest absolute Gasteiger partial charge is 0.232 e. The number of nitrogens with one attached hydrogen (secondary N) is 2. The van der Waals surface area contributed by atoms with E-state index in [1.165, 1.54) is 0 Å². The molecule has 0 spiro atoms. The number of aliphatic imine (C=N–C) groups is 1. The number of amides is 1. The van der Waals surface area contributed by atoms with Crippen molar-refractivity contribution in [2.75, 3.05) is 10.6 Å². The number of carbonyl (C=O) groups is 1. The van der Waals surface area contributed by atoms with Gasteiger partial charge in [-0.1, -0.05) is 45.2 Å². The third-order valence-corrected chi connectivity index (χ3v) is 5.12. The maximum atomic E-state index is 12.4. The first-order valence-electron chi connectivity index (χ1n) is 10.1. The van der Waals surface area contributed by atoms with Crippen LogP contribution in [0.2, 0.25) is 0 Å². The van der Waals surface area contributed by atoms with Gasteiger partial charge in [0, 0.05) is 10.8 Å². The number of fused-ring (bicyclic) bond motifs is 1. The first-order chi connectivity index (χ1) is 13.6. The molecular formula is C21H31N7O. The molecule has 8 nitrogen and oxygen atoms in total. The zero-order valence-corrected chi connectivity index (χ0v) is 17.6. The summed E-state index contributed by atoms with van der Waals surface area (Å²) in [6, 6.07) is 6.05. The Morgan fingerprint density at radius 1 is 1.17 bits per heavy atom. The van der Waals surface area contributed by atoms with Crippen LogP contribution in [0.3, 0.4) is 0 Å². The lowest BCUT2D eigenvalue weighted by atomic mass is 9.90. The van der Waals surface area contributed by atoms with Crippen LogP contribution in [-0.2, 0) is 4.79 Å². The van der Waals surface area contributed by atoms with Crippen LogP contribution in [0.1, 0.15) is 52.0 Å². The van der Waals surface area contributed by atoms with Crippen molar-refractivity contribution in [3.8, 4) is 0 Å². The summed E-state index contributed by atoms with van der Waals surface area (Å²) in [6.45, 7) is 7.59. The number of hydrogen-bond acceptors (Lipinski definition) is 5. The highest BCUT2D eigenvalue weighted by Crippen LogP contribution is 2.29. The average Bonchev–Trinajstić information content (AvgIpc) is 2.62. The van der Waals surface area contributed by atoms with Gasteiger partial charge in [0.1, 0.15) is 5.82 Å². The number of carbonyl (C=O) groups excluding carboxylic acids is 1. The van der Waals surface area contributed by atoms with Gasteiger partial charge in [-0.25, -0.2) is 9.98 Å². The van der Waals surface area contributed by atoms with Gasteiger partial charge in [-0.15, -0.1) is 0 Å².